The van der Waals surface area contributed by atoms with Crippen LogP contribution in [0.3, 0.4) is 0 Å². The van der Waals surface area contributed by atoms with Crippen molar-refractivity contribution in [2.45, 2.75) is 32.6 Å². The molecular weight excluding hydrogens is 366 g/mol. The highest BCUT2D eigenvalue weighted by Crippen LogP contribution is 2.51. The third-order valence-corrected chi connectivity index (χ3v) is 6.14. The smallest absolute Gasteiger partial charge is 0.231 e. The monoisotopic (exact) mass is 387 g/mol. The van der Waals surface area contributed by atoms with Crippen LogP contribution in [0.4, 0.5) is 5.69 Å². The summed E-state index contributed by atoms with van der Waals surface area (Å²) in [6.45, 7) is 4.53. The Kier molecular flexibility index (Phi) is 3.23. The average Bonchev–Trinajstić information content (AvgIpc) is 3.33. The lowest BCUT2D eigenvalue weighted by atomic mass is 9.68. The van der Waals surface area contributed by atoms with Crippen molar-refractivity contribution in [2.24, 2.45) is 5.41 Å². The highest BCUT2D eigenvalue weighted by molar-refractivity contribution is 6.03. The Labute approximate surface area is 167 Å². The summed E-state index contributed by atoms with van der Waals surface area (Å²) >= 11 is 0. The minimum absolute atomic E-state index is 0.0592. The Hall–Kier alpha value is -3.28. The second kappa shape index (κ2) is 5.63. The summed E-state index contributed by atoms with van der Waals surface area (Å²) in [4.78, 5) is 21.1. The van der Waals surface area contributed by atoms with Gasteiger partial charge in [-0.05, 0) is 41.7 Å². The molecule has 3 heterocycles. The Bertz CT molecular complexity index is 1220. The number of fused-ring (bicyclic) bond motifs is 4. The molecule has 6 rings (SSSR count). The number of carbonyl (C=O) groups is 1. The van der Waals surface area contributed by atoms with E-state index in [-0.39, 0.29) is 23.9 Å². The van der Waals surface area contributed by atoms with E-state index >= 15 is 0 Å². The number of hydrogen-bond donors (Lipinski definition) is 2. The van der Waals surface area contributed by atoms with Gasteiger partial charge in [-0.25, -0.2) is 4.98 Å². The van der Waals surface area contributed by atoms with Crippen LogP contribution in [0.15, 0.2) is 47.9 Å². The van der Waals surface area contributed by atoms with Crippen molar-refractivity contribution in [3.05, 3.63) is 59.1 Å². The van der Waals surface area contributed by atoms with Crippen LogP contribution in [0.5, 0.6) is 11.5 Å². The fourth-order valence-electron chi connectivity index (χ4n) is 4.95. The number of ether oxygens (including phenoxy) is 2. The van der Waals surface area contributed by atoms with Crippen molar-refractivity contribution < 1.29 is 14.3 Å². The van der Waals surface area contributed by atoms with Gasteiger partial charge in [0.05, 0.1) is 17.4 Å². The maximum absolute atomic E-state index is 13.4. The van der Waals surface area contributed by atoms with E-state index in [9.17, 15) is 4.79 Å². The lowest BCUT2D eigenvalue weighted by molar-refractivity contribution is -0.118. The molecule has 0 fully saturated rings. The van der Waals surface area contributed by atoms with E-state index in [0.29, 0.717) is 6.42 Å². The number of H-pyrrole nitrogens is 1. The SMILES string of the molecule is CC1(C)CC(=O)C2=C(C1)Nc1ccc3[nH]cnc3c1C2c1ccc2c(c1)OCO2. The number of aromatic amines is 1. The fraction of sp³-hybridized carbons (Fsp3) is 0.304. The number of allylic oxidation sites excluding steroid dienone is 2. The number of imidazole rings is 1. The minimum Gasteiger partial charge on any atom is -0.454 e. The molecule has 1 unspecified atom stereocenters. The molecule has 2 aromatic carbocycles. The van der Waals surface area contributed by atoms with Crippen LogP contribution in [-0.2, 0) is 4.79 Å². The average molecular weight is 387 g/mol. The van der Waals surface area contributed by atoms with Gasteiger partial charge in [0.1, 0.15) is 0 Å². The van der Waals surface area contributed by atoms with Crippen molar-refractivity contribution in [3.63, 3.8) is 0 Å². The van der Waals surface area contributed by atoms with Crippen molar-refractivity contribution >= 4 is 22.5 Å². The van der Waals surface area contributed by atoms with Crippen LogP contribution < -0.4 is 14.8 Å². The number of benzene rings is 2. The summed E-state index contributed by atoms with van der Waals surface area (Å²) in [5.74, 6) is 1.48. The van der Waals surface area contributed by atoms with Gasteiger partial charge in [0.2, 0.25) is 6.79 Å². The van der Waals surface area contributed by atoms with Crippen molar-refractivity contribution in [2.75, 3.05) is 12.1 Å². The zero-order chi connectivity index (χ0) is 19.8. The molecule has 2 aliphatic heterocycles. The first-order chi connectivity index (χ1) is 14.0. The molecular formula is C23H21N3O3. The molecule has 3 aromatic rings. The number of rotatable bonds is 1. The lowest BCUT2D eigenvalue weighted by Gasteiger charge is -2.39. The first-order valence-corrected chi connectivity index (χ1v) is 9.89. The summed E-state index contributed by atoms with van der Waals surface area (Å²) in [6, 6.07) is 10.1. The molecule has 2 N–H and O–H groups in total. The fourth-order valence-corrected chi connectivity index (χ4v) is 4.95. The number of Topliss-reactive ketones (excluding diaryl/α,β-unsaturated/α-hetero) is 1. The largest absolute Gasteiger partial charge is 0.454 e. The molecule has 3 aliphatic rings. The third kappa shape index (κ3) is 2.41. The van der Waals surface area contributed by atoms with E-state index in [4.69, 9.17) is 9.47 Å². The number of ketones is 1. The number of anilines is 1. The summed E-state index contributed by atoms with van der Waals surface area (Å²) in [6.07, 6.45) is 3.09. The molecule has 6 heteroatoms. The summed E-state index contributed by atoms with van der Waals surface area (Å²) in [5.41, 5.74) is 6.74. The van der Waals surface area contributed by atoms with Gasteiger partial charge in [-0.1, -0.05) is 19.9 Å². The Morgan fingerprint density at radius 3 is 2.86 bits per heavy atom. The van der Waals surface area contributed by atoms with Crippen LogP contribution >= 0.6 is 0 Å². The molecule has 0 saturated carbocycles. The van der Waals surface area contributed by atoms with Gasteiger partial charge in [-0.15, -0.1) is 0 Å². The zero-order valence-corrected chi connectivity index (χ0v) is 16.3. The Morgan fingerprint density at radius 1 is 1.10 bits per heavy atom. The zero-order valence-electron chi connectivity index (χ0n) is 16.3. The van der Waals surface area contributed by atoms with E-state index in [1.807, 2.05) is 24.3 Å². The molecule has 0 bridgehead atoms. The number of carbonyl (C=O) groups excluding carboxylic acids is 1. The van der Waals surface area contributed by atoms with Crippen molar-refractivity contribution in [1.82, 2.24) is 9.97 Å². The quantitative estimate of drug-likeness (QED) is 0.643. The van der Waals surface area contributed by atoms with Crippen molar-refractivity contribution in [1.29, 1.82) is 0 Å². The maximum Gasteiger partial charge on any atom is 0.231 e. The van der Waals surface area contributed by atoms with Gasteiger partial charge in [0.15, 0.2) is 17.3 Å². The first-order valence-electron chi connectivity index (χ1n) is 9.89. The van der Waals surface area contributed by atoms with E-state index in [0.717, 1.165) is 57.0 Å². The molecule has 146 valence electrons. The van der Waals surface area contributed by atoms with Crippen LogP contribution in [-0.4, -0.2) is 22.5 Å². The number of nitrogens with one attached hydrogen (secondary N) is 2. The lowest BCUT2D eigenvalue weighted by Crippen LogP contribution is -2.33. The van der Waals surface area contributed by atoms with E-state index < -0.39 is 0 Å². The molecule has 0 radical (unpaired) electrons. The van der Waals surface area contributed by atoms with E-state index in [1.165, 1.54) is 0 Å². The van der Waals surface area contributed by atoms with Gasteiger partial charge in [0.25, 0.3) is 0 Å². The predicted octanol–water partition coefficient (Wildman–Crippen LogP) is 4.49. The molecule has 1 aliphatic carbocycles. The van der Waals surface area contributed by atoms with E-state index in [2.05, 4.69) is 35.2 Å². The van der Waals surface area contributed by atoms with Gasteiger partial charge < -0.3 is 19.8 Å². The van der Waals surface area contributed by atoms with Gasteiger partial charge >= 0.3 is 0 Å². The van der Waals surface area contributed by atoms with Crippen molar-refractivity contribution in [3.8, 4) is 11.5 Å². The molecule has 0 spiro atoms. The number of aromatic nitrogens is 2. The summed E-state index contributed by atoms with van der Waals surface area (Å²) in [7, 11) is 0. The van der Waals surface area contributed by atoms with Crippen LogP contribution in [0.2, 0.25) is 0 Å². The molecule has 0 amide bonds. The normalized spacial score (nSPS) is 21.7. The summed E-state index contributed by atoms with van der Waals surface area (Å²) in [5, 5.41) is 3.57. The maximum atomic E-state index is 13.4. The predicted molar refractivity (Wildman–Crippen MR) is 109 cm³/mol. The summed E-state index contributed by atoms with van der Waals surface area (Å²) < 4.78 is 11.1. The highest BCUT2D eigenvalue weighted by Gasteiger charge is 2.41. The van der Waals surface area contributed by atoms with Gasteiger partial charge in [0, 0.05) is 34.9 Å². The molecule has 0 saturated heterocycles. The van der Waals surface area contributed by atoms with Gasteiger partial charge in [-0.2, -0.15) is 0 Å². The Morgan fingerprint density at radius 2 is 1.97 bits per heavy atom. The second-order valence-electron chi connectivity index (χ2n) is 8.83. The third-order valence-electron chi connectivity index (χ3n) is 6.14. The molecule has 1 aromatic heterocycles. The molecule has 1 atom stereocenters. The number of hydrogen-bond acceptors (Lipinski definition) is 5. The van der Waals surface area contributed by atoms with Crippen LogP contribution in [0.25, 0.3) is 11.0 Å². The number of nitrogens with zero attached hydrogens (tertiary/aromatic N) is 1. The first kappa shape index (κ1) is 16.7. The standard InChI is InChI=1S/C23H21N3O3/c1-23(2)8-15-20(16(27)9-23)19(12-3-6-17-18(7-12)29-11-28-17)21-13(26-15)4-5-14-22(21)25-10-24-14/h3-7,10,19,26H,8-9,11H2,1-2H3,(H,24,25). The second-order valence-corrected chi connectivity index (χ2v) is 8.83. The molecule has 29 heavy (non-hydrogen) atoms. The minimum atomic E-state index is -0.189. The molecule has 6 nitrogen and oxygen atoms in total. The van der Waals surface area contributed by atoms with Crippen LogP contribution in [0.1, 0.15) is 43.7 Å². The highest BCUT2D eigenvalue weighted by atomic mass is 16.7. The van der Waals surface area contributed by atoms with E-state index in [1.54, 1.807) is 6.33 Å². The Balaban J connectivity index is 1.63. The topological polar surface area (TPSA) is 76.2 Å². The van der Waals surface area contributed by atoms with Gasteiger partial charge in [-0.3, -0.25) is 4.79 Å². The van der Waals surface area contributed by atoms with Crippen LogP contribution in [0, 0.1) is 5.41 Å².